The molecule has 4 amide bonds. The zero-order valence-electron chi connectivity index (χ0n) is 64.5. The number of esters is 12. The minimum Gasteiger partial charge on any atom is -0.463 e. The third-order valence-corrected chi connectivity index (χ3v) is 16.2. The lowest BCUT2D eigenvalue weighted by Crippen LogP contribution is -2.68. The van der Waals surface area contributed by atoms with Crippen LogP contribution < -0.4 is 20.4 Å². The molecule has 2 N–H and O–H groups in total. The summed E-state index contributed by atoms with van der Waals surface area (Å²) in [4.78, 5) is 218. The third kappa shape index (κ3) is 27.7. The Morgan fingerprint density at radius 3 is 0.893 bits per heavy atom. The van der Waals surface area contributed by atoms with E-state index in [4.69, 9.17) is 94.7 Å². The monoisotopic (exact) mass is 1590 g/mol. The molecule has 0 spiro atoms. The van der Waals surface area contributed by atoms with Crippen LogP contribution in [0.1, 0.15) is 123 Å². The second kappa shape index (κ2) is 44.8. The molecule has 622 valence electrons. The van der Waals surface area contributed by atoms with Crippen molar-refractivity contribution in [1.82, 2.24) is 10.6 Å². The highest BCUT2D eigenvalue weighted by atomic mass is 16.8. The Hall–Kier alpha value is -10.1. The zero-order chi connectivity index (χ0) is 83.4. The maximum Gasteiger partial charge on any atom is 0.303 e. The van der Waals surface area contributed by atoms with Crippen molar-refractivity contribution in [3.63, 3.8) is 0 Å². The molecule has 112 heavy (non-hydrogen) atoms. The van der Waals surface area contributed by atoms with Crippen molar-refractivity contribution in [2.24, 2.45) is 0 Å². The van der Waals surface area contributed by atoms with Crippen LogP contribution >= 0.6 is 0 Å². The smallest absolute Gasteiger partial charge is 0.303 e. The van der Waals surface area contributed by atoms with E-state index in [-0.39, 0.29) is 24.5 Å². The van der Waals surface area contributed by atoms with Crippen molar-refractivity contribution in [3.05, 3.63) is 49.6 Å². The van der Waals surface area contributed by atoms with Crippen molar-refractivity contribution in [2.75, 3.05) is 62.4 Å². The number of anilines is 2. The average Bonchev–Trinajstić information content (AvgIpc) is 0.762. The van der Waals surface area contributed by atoms with Crippen LogP contribution in [0.3, 0.4) is 0 Å². The number of nitrogens with zero attached hydrogens (tertiary/aromatic N) is 2. The summed E-state index contributed by atoms with van der Waals surface area (Å²) in [5, 5.41) is 5.42. The minimum atomic E-state index is -2.26. The fourth-order valence-corrected chi connectivity index (χ4v) is 12.0. The van der Waals surface area contributed by atoms with Gasteiger partial charge >= 0.3 is 71.6 Å². The molecule has 0 aliphatic carbocycles. The Labute approximate surface area is 644 Å². The Kier molecular flexibility index (Phi) is 37.0. The molecule has 1 aromatic rings. The lowest BCUT2D eigenvalue weighted by Gasteiger charge is -2.49. The summed E-state index contributed by atoms with van der Waals surface area (Å²) < 4.78 is 118. The summed E-state index contributed by atoms with van der Waals surface area (Å²) in [6.07, 6.45) is -35.3. The predicted molar refractivity (Wildman–Crippen MR) is 372 cm³/mol. The van der Waals surface area contributed by atoms with Gasteiger partial charge in [0.25, 0.3) is 11.8 Å². The maximum atomic E-state index is 16.1. The molecule has 0 unspecified atom stereocenters. The molecular weight excluding hydrogens is 1500 g/mol. The number of benzene rings is 1. The van der Waals surface area contributed by atoms with Crippen molar-refractivity contribution in [1.29, 1.82) is 0 Å². The SMILES string of the molecule is C=CCO[C@H]1O[C@H](C(=O)N(CC(=O)NCCCC)c2ccc(N(CC(=O)NCCCC)C(=O)[C@H]3O[C@H](OCC=C)[C@H](OC(C)=O)[C@@H](O[C@H]4O[C@H](COC(C)=O)[C@@H](OC(C)=O)[C@H](OC(C)=O)[C@@H]4OC(C)=O)[C@@H]3OC(C)=O)cc2)[C@@H](OC(C)=O)[C@H](O[C@H]2O[C@H](COC(C)=O)[C@@H](OC(C)=O)[C@H](OC(C)=O)[C@@H]2OC(C)=O)[C@H]1OC(C)=O. The summed E-state index contributed by atoms with van der Waals surface area (Å²) in [5.41, 5.74) is -0.474. The normalized spacial score (nSPS) is 27.2. The van der Waals surface area contributed by atoms with Crippen molar-refractivity contribution >= 4 is 107 Å². The van der Waals surface area contributed by atoms with Crippen molar-refractivity contribution in [2.45, 2.75) is 245 Å². The summed E-state index contributed by atoms with van der Waals surface area (Å²) in [6, 6.07) is 4.72. The van der Waals surface area contributed by atoms with E-state index in [0.717, 1.165) is 92.9 Å². The third-order valence-electron chi connectivity index (χ3n) is 16.2. The average molecular weight is 1600 g/mol. The summed E-state index contributed by atoms with van der Waals surface area (Å²) in [5.74, 6) is -16.7. The van der Waals surface area contributed by atoms with Crippen LogP contribution in [0.2, 0.25) is 0 Å². The van der Waals surface area contributed by atoms with Gasteiger partial charge in [0.05, 0.1) is 13.2 Å². The Bertz CT molecular complexity index is 3290. The molecule has 0 radical (unpaired) electrons. The van der Waals surface area contributed by atoms with Crippen molar-refractivity contribution < 1.29 is 171 Å². The quantitative estimate of drug-likeness (QED) is 0.0398. The minimum absolute atomic E-state index is 0.0735. The summed E-state index contributed by atoms with van der Waals surface area (Å²) in [6.45, 7) is 18.4. The molecule has 40 heteroatoms. The number of hydrogen-bond acceptors (Lipinski definition) is 36. The number of carbonyl (C=O) groups is 16. The fraction of sp³-hybridized carbons (Fsp3) is 0.639. The number of ether oxygens (including phenoxy) is 20. The van der Waals surface area contributed by atoms with E-state index >= 15 is 9.59 Å². The first-order valence-electron chi connectivity index (χ1n) is 35.6. The maximum absolute atomic E-state index is 16.1. The van der Waals surface area contributed by atoms with E-state index in [1.54, 1.807) is 0 Å². The molecule has 4 saturated heterocycles. The summed E-state index contributed by atoms with van der Waals surface area (Å²) >= 11 is 0. The highest BCUT2D eigenvalue weighted by molar-refractivity contribution is 6.04. The molecule has 4 heterocycles. The van der Waals surface area contributed by atoms with Gasteiger partial charge in [-0.05, 0) is 37.1 Å². The van der Waals surface area contributed by atoms with Crippen LogP contribution in [0.15, 0.2) is 49.6 Å². The lowest BCUT2D eigenvalue weighted by atomic mass is 9.95. The second-order valence-electron chi connectivity index (χ2n) is 25.5. The molecule has 20 atom stereocenters. The van der Waals surface area contributed by atoms with E-state index in [1.807, 2.05) is 13.8 Å². The van der Waals surface area contributed by atoms with Gasteiger partial charge in [-0.3, -0.25) is 76.7 Å². The van der Waals surface area contributed by atoms with E-state index in [1.165, 1.54) is 36.4 Å². The van der Waals surface area contributed by atoms with Gasteiger partial charge in [0.2, 0.25) is 11.8 Å². The number of unbranched alkanes of at least 4 members (excludes halogenated alkanes) is 2. The molecule has 0 saturated carbocycles. The number of amides is 4. The first kappa shape index (κ1) is 92.5. The number of nitrogens with one attached hydrogen (secondary N) is 2. The highest BCUT2D eigenvalue weighted by Gasteiger charge is 2.62. The predicted octanol–water partition coefficient (Wildman–Crippen LogP) is 0.704. The van der Waals surface area contributed by atoms with Gasteiger partial charge in [0.15, 0.2) is 98.4 Å². The molecule has 40 nitrogen and oxygen atoms in total. The fourth-order valence-electron chi connectivity index (χ4n) is 12.0. The zero-order valence-corrected chi connectivity index (χ0v) is 64.5. The molecule has 4 aliphatic rings. The number of hydrogen-bond donors (Lipinski definition) is 2. The van der Waals surface area contributed by atoms with Gasteiger partial charge < -0.3 is 115 Å². The number of carbonyl (C=O) groups excluding carboxylic acids is 16. The van der Waals surface area contributed by atoms with Gasteiger partial charge in [-0.25, -0.2) is 0 Å². The van der Waals surface area contributed by atoms with Crippen LogP contribution in [0.5, 0.6) is 0 Å². The van der Waals surface area contributed by atoms with Crippen LogP contribution in [0.25, 0.3) is 0 Å². The molecular formula is C72H98N4O36. The summed E-state index contributed by atoms with van der Waals surface area (Å²) in [7, 11) is 0. The van der Waals surface area contributed by atoms with Crippen LogP contribution in [0, 0.1) is 0 Å². The van der Waals surface area contributed by atoms with E-state index in [0.29, 0.717) is 25.7 Å². The van der Waals surface area contributed by atoms with E-state index in [2.05, 4.69) is 23.8 Å². The topological polar surface area (TPSA) is 488 Å². The standard InChI is InChI=1S/C72H98N4O36/c1-17-21-27-73-51(89)31-75(67(91)61-57(101-41(11)83)59(63(103-43(13)85)69(111-61)93-29-19-3)109-71-65(105-45(15)87)55(99-39(9)81)53(97-37(7)79)49(107-71)33-95-35(5)77)47-23-25-48(26-24-47)76(32-52(90)74-28-22-18-2)68(92)62-58(102-42(12)84)60(64(104-44(14)86)70(112-62)94-30-20-4)110-72-66(106-46(16)88)56(100-40(10)82)54(98-38(8)80)50(108-72)34-96-36(6)78/h19-20,23-26,49-50,53-66,69-72H,3-4,17-18,21-22,27-34H2,1-2,5-16H3,(H,73,89)(H,74,90)/t49-,50-,53-,54-,55+,56+,57+,58+,59+,60+,61+,62+,63-,64-,65+,66+,69+,70+,71-,72-/m1/s1. The van der Waals surface area contributed by atoms with E-state index in [9.17, 15) is 67.1 Å². The Balaban J connectivity index is 1.79. The van der Waals surface area contributed by atoms with Gasteiger partial charge in [0.1, 0.15) is 50.7 Å². The van der Waals surface area contributed by atoms with Crippen molar-refractivity contribution in [3.8, 4) is 0 Å². The van der Waals surface area contributed by atoms with Gasteiger partial charge in [-0.1, -0.05) is 38.8 Å². The molecule has 1 aromatic carbocycles. The Morgan fingerprint density at radius 1 is 0.357 bits per heavy atom. The highest BCUT2D eigenvalue weighted by Crippen LogP contribution is 2.40. The van der Waals surface area contributed by atoms with Crippen LogP contribution in [0.4, 0.5) is 11.4 Å². The lowest BCUT2D eigenvalue weighted by molar-refractivity contribution is -0.356. The van der Waals surface area contributed by atoms with Crippen LogP contribution in [-0.2, 0) is 171 Å². The Morgan fingerprint density at radius 2 is 0.625 bits per heavy atom. The van der Waals surface area contributed by atoms with Gasteiger partial charge in [-0.2, -0.15) is 0 Å². The molecule has 5 rings (SSSR count). The number of rotatable bonds is 38. The molecule has 4 aliphatic heterocycles. The second-order valence-corrected chi connectivity index (χ2v) is 25.5. The van der Waals surface area contributed by atoms with Gasteiger partial charge in [-0.15, -0.1) is 13.2 Å². The largest absolute Gasteiger partial charge is 0.463 e. The first-order chi connectivity index (χ1) is 52.9. The molecule has 4 fully saturated rings. The van der Waals surface area contributed by atoms with Crippen LogP contribution in [-0.4, -0.2) is 271 Å². The van der Waals surface area contributed by atoms with E-state index < -0.39 is 258 Å². The molecule has 0 aromatic heterocycles. The van der Waals surface area contributed by atoms with Gasteiger partial charge in [0, 0.05) is 108 Å². The molecule has 0 bridgehead atoms. The first-order valence-corrected chi connectivity index (χ1v) is 35.6.